The monoisotopic (exact) mass is 529 g/mol. The molecule has 0 unspecified atom stereocenters. The van der Waals surface area contributed by atoms with Crippen molar-refractivity contribution < 1.29 is 37.0 Å². The lowest BCUT2D eigenvalue weighted by Gasteiger charge is -2.26. The molecule has 2 aromatic carbocycles. The number of nitrogens with one attached hydrogen (secondary N) is 2. The highest BCUT2D eigenvalue weighted by atomic mass is 32.2. The number of esters is 2. The van der Waals surface area contributed by atoms with Gasteiger partial charge in [-0.3, -0.25) is 4.31 Å². The van der Waals surface area contributed by atoms with E-state index in [2.05, 4.69) is 10.6 Å². The summed E-state index contributed by atoms with van der Waals surface area (Å²) in [4.78, 5) is 37.3. The zero-order chi connectivity index (χ0) is 26.7. The summed E-state index contributed by atoms with van der Waals surface area (Å²) in [6.07, 6.45) is 0.581. The molecule has 0 aromatic heterocycles. The van der Waals surface area contributed by atoms with E-state index in [0.29, 0.717) is 12.1 Å². The zero-order valence-corrected chi connectivity index (χ0v) is 21.4. The fourth-order valence-electron chi connectivity index (χ4n) is 4.30. The van der Waals surface area contributed by atoms with Crippen LogP contribution in [0, 0.1) is 0 Å². The van der Waals surface area contributed by atoms with E-state index in [9.17, 15) is 22.8 Å². The van der Waals surface area contributed by atoms with Gasteiger partial charge in [0.25, 0.3) is 10.0 Å². The van der Waals surface area contributed by atoms with Crippen LogP contribution in [0.4, 0.5) is 10.5 Å². The number of urea groups is 1. The summed E-state index contributed by atoms with van der Waals surface area (Å²) in [5, 5.41) is 5.02. The Kier molecular flexibility index (Phi) is 7.39. The molecule has 0 saturated carbocycles. The molecule has 0 saturated heterocycles. The van der Waals surface area contributed by atoms with E-state index in [0.717, 1.165) is 5.56 Å². The predicted molar refractivity (Wildman–Crippen MR) is 133 cm³/mol. The van der Waals surface area contributed by atoms with Gasteiger partial charge in [-0.1, -0.05) is 18.2 Å². The van der Waals surface area contributed by atoms with Crippen molar-refractivity contribution in [1.29, 1.82) is 0 Å². The Morgan fingerprint density at radius 2 is 1.86 bits per heavy atom. The Morgan fingerprint density at radius 1 is 1.11 bits per heavy atom. The third-order valence-corrected chi connectivity index (χ3v) is 7.85. The number of para-hydroxylation sites is 1. The molecule has 0 radical (unpaired) electrons. The van der Waals surface area contributed by atoms with E-state index in [4.69, 9.17) is 14.2 Å². The summed E-state index contributed by atoms with van der Waals surface area (Å²) >= 11 is 0. The second-order valence-electron chi connectivity index (χ2n) is 8.33. The minimum absolute atomic E-state index is 0.0690. The predicted octanol–water partition coefficient (Wildman–Crippen LogP) is 2.12. The van der Waals surface area contributed by atoms with E-state index in [-0.39, 0.29) is 40.6 Å². The second-order valence-corrected chi connectivity index (χ2v) is 10.2. The average Bonchev–Trinajstić information content (AvgIpc) is 3.31. The van der Waals surface area contributed by atoms with Gasteiger partial charge in [-0.2, -0.15) is 0 Å². The van der Waals surface area contributed by atoms with Crippen LogP contribution in [-0.2, 0) is 30.7 Å². The maximum Gasteiger partial charge on any atom is 0.342 e. The molecular weight excluding hydrogens is 502 g/mol. The highest BCUT2D eigenvalue weighted by Gasteiger charge is 2.33. The van der Waals surface area contributed by atoms with Crippen molar-refractivity contribution >= 4 is 33.7 Å². The van der Waals surface area contributed by atoms with Crippen LogP contribution in [0.5, 0.6) is 5.75 Å². The fraction of sp³-hybridized carbons (Fsp3) is 0.320. The number of methoxy groups -OCH3 is 1. The first-order valence-electron chi connectivity index (χ1n) is 11.6. The lowest BCUT2D eigenvalue weighted by molar-refractivity contribution is -0.139. The Morgan fingerprint density at radius 3 is 2.59 bits per heavy atom. The molecule has 2 aromatic rings. The second kappa shape index (κ2) is 10.5. The van der Waals surface area contributed by atoms with Gasteiger partial charge in [0, 0.05) is 6.54 Å². The number of fused-ring (bicyclic) bond motifs is 1. The number of rotatable bonds is 8. The molecule has 11 nitrogen and oxygen atoms in total. The summed E-state index contributed by atoms with van der Waals surface area (Å²) in [7, 11) is -2.63. The number of hydrogen-bond acceptors (Lipinski definition) is 8. The van der Waals surface area contributed by atoms with Gasteiger partial charge >= 0.3 is 18.0 Å². The molecule has 2 aliphatic rings. The molecule has 196 valence electrons. The highest BCUT2D eigenvalue weighted by Crippen LogP contribution is 2.34. The summed E-state index contributed by atoms with van der Waals surface area (Å²) < 4.78 is 43.9. The fourth-order valence-corrected chi connectivity index (χ4v) is 5.83. The Balaban J connectivity index is 1.61. The van der Waals surface area contributed by atoms with Gasteiger partial charge < -0.3 is 24.8 Å². The van der Waals surface area contributed by atoms with Gasteiger partial charge in [0.15, 0.2) is 0 Å². The quantitative estimate of drug-likeness (QED) is 0.496. The topological polar surface area (TPSA) is 140 Å². The van der Waals surface area contributed by atoms with Crippen LogP contribution in [0.2, 0.25) is 0 Å². The number of ether oxygens (including phenoxy) is 3. The van der Waals surface area contributed by atoms with Gasteiger partial charge in [-0.05, 0) is 50.1 Å². The molecule has 1 atom stereocenters. The minimum Gasteiger partial charge on any atom is -0.496 e. The number of nitrogens with zero attached hydrogens (tertiary/aromatic N) is 1. The molecule has 0 spiro atoms. The molecule has 4 rings (SSSR count). The number of carbonyl (C=O) groups excluding carboxylic acids is 3. The van der Waals surface area contributed by atoms with Crippen molar-refractivity contribution in [2.75, 3.05) is 31.2 Å². The molecule has 2 heterocycles. The number of hydrogen-bond donors (Lipinski definition) is 2. The van der Waals surface area contributed by atoms with Crippen LogP contribution < -0.4 is 19.7 Å². The smallest absolute Gasteiger partial charge is 0.342 e. The lowest BCUT2D eigenvalue weighted by Crippen LogP contribution is -2.50. The van der Waals surface area contributed by atoms with Gasteiger partial charge in [-0.25, -0.2) is 22.8 Å². The molecule has 0 aliphatic carbocycles. The van der Waals surface area contributed by atoms with Crippen molar-refractivity contribution in [3.05, 3.63) is 64.9 Å². The molecule has 0 fully saturated rings. The van der Waals surface area contributed by atoms with E-state index in [1.807, 2.05) is 12.1 Å². The summed E-state index contributed by atoms with van der Waals surface area (Å²) in [6.45, 7) is 3.19. The normalized spacial score (nSPS) is 17.0. The van der Waals surface area contributed by atoms with Gasteiger partial charge in [-0.15, -0.1) is 0 Å². The molecule has 12 heteroatoms. The SMILES string of the molecule is CCOC(=O)C1=C(COC(=O)c2cc(S(=O)(=O)N3CCc4ccccc43)ccc2OC)NC(=O)N[C@@H]1C. The summed E-state index contributed by atoms with van der Waals surface area (Å²) in [5.74, 6) is -1.45. The maximum absolute atomic E-state index is 13.4. The third-order valence-electron chi connectivity index (χ3n) is 6.04. The van der Waals surface area contributed by atoms with Crippen molar-refractivity contribution in [1.82, 2.24) is 10.6 Å². The van der Waals surface area contributed by atoms with Crippen LogP contribution in [0.1, 0.15) is 29.8 Å². The van der Waals surface area contributed by atoms with E-state index in [1.165, 1.54) is 29.6 Å². The molecule has 2 aliphatic heterocycles. The molecule has 37 heavy (non-hydrogen) atoms. The van der Waals surface area contributed by atoms with E-state index >= 15 is 0 Å². The standard InChI is InChI=1S/C25H27N3O8S/c1-4-35-24(30)22-15(2)26-25(31)27-19(22)14-36-23(29)18-13-17(9-10-21(18)34-3)37(32,33)28-12-11-16-7-5-6-8-20(16)28/h5-10,13,15H,4,11-12,14H2,1-3H3,(H2,26,27,31)/t15-/m1/s1. The summed E-state index contributed by atoms with van der Waals surface area (Å²) in [6, 6.07) is 9.93. The Labute approximate surface area is 214 Å². The first-order valence-corrected chi connectivity index (χ1v) is 13.0. The lowest BCUT2D eigenvalue weighted by atomic mass is 10.0. The van der Waals surface area contributed by atoms with Gasteiger partial charge in [0.1, 0.15) is 17.9 Å². The first-order chi connectivity index (χ1) is 17.7. The minimum atomic E-state index is -3.98. The molecule has 0 bridgehead atoms. The van der Waals surface area contributed by atoms with Gasteiger partial charge in [0.2, 0.25) is 0 Å². The van der Waals surface area contributed by atoms with Crippen LogP contribution >= 0.6 is 0 Å². The van der Waals surface area contributed by atoms with E-state index in [1.54, 1.807) is 26.0 Å². The van der Waals surface area contributed by atoms with Crippen LogP contribution in [0.15, 0.2) is 58.6 Å². The first kappa shape index (κ1) is 26.0. The van der Waals surface area contributed by atoms with Crippen molar-refractivity contribution in [2.45, 2.75) is 31.2 Å². The Hall–Kier alpha value is -4.06. The number of anilines is 1. The highest BCUT2D eigenvalue weighted by molar-refractivity contribution is 7.92. The molecule has 2 amide bonds. The average molecular weight is 530 g/mol. The maximum atomic E-state index is 13.4. The van der Waals surface area contributed by atoms with Crippen molar-refractivity contribution in [3.8, 4) is 5.75 Å². The van der Waals surface area contributed by atoms with Crippen LogP contribution in [-0.4, -0.2) is 59.3 Å². The zero-order valence-electron chi connectivity index (χ0n) is 20.6. The molecule has 2 N–H and O–H groups in total. The Bertz CT molecular complexity index is 1390. The van der Waals surface area contributed by atoms with Crippen molar-refractivity contribution in [3.63, 3.8) is 0 Å². The number of amides is 2. The van der Waals surface area contributed by atoms with Crippen LogP contribution in [0.3, 0.4) is 0 Å². The molecular formula is C25H27N3O8S. The largest absolute Gasteiger partial charge is 0.496 e. The van der Waals surface area contributed by atoms with Gasteiger partial charge in [0.05, 0.1) is 41.6 Å². The number of sulfonamides is 1. The summed E-state index contributed by atoms with van der Waals surface area (Å²) in [5.41, 5.74) is 1.58. The van der Waals surface area contributed by atoms with E-state index < -0.39 is 40.6 Å². The third kappa shape index (κ3) is 5.10. The number of carbonyl (C=O) groups is 3. The van der Waals surface area contributed by atoms with Crippen molar-refractivity contribution in [2.24, 2.45) is 0 Å². The van der Waals surface area contributed by atoms with Crippen LogP contribution in [0.25, 0.3) is 0 Å². The number of benzene rings is 2.